The molecule has 5 heteroatoms. The molecule has 1 aliphatic rings. The number of primary amides is 1. The van der Waals surface area contributed by atoms with Crippen molar-refractivity contribution in [2.45, 2.75) is 32.6 Å². The lowest BCUT2D eigenvalue weighted by atomic mass is 9.92. The minimum Gasteiger partial charge on any atom is -0.381 e. The molecule has 1 rings (SSSR count). The number of carbonyl (C=O) groups excluding carboxylic acids is 1. The third-order valence-corrected chi connectivity index (χ3v) is 2.51. The molecule has 0 atom stereocenters. The van der Waals surface area contributed by atoms with E-state index in [9.17, 15) is 4.79 Å². The smallest absolute Gasteiger partial charge is 0.332 e. The summed E-state index contributed by atoms with van der Waals surface area (Å²) in [5.41, 5.74) is 8.34. The fraction of sp³-hybridized carbons (Fsp3) is 0.800. The second-order valence-corrected chi connectivity index (χ2v) is 3.72. The number of nitrogens with one attached hydrogen (secondary N) is 1. The molecule has 1 aliphatic heterocycles. The molecule has 1 heterocycles. The summed E-state index contributed by atoms with van der Waals surface area (Å²) in [6.07, 6.45) is 3.90. The molecule has 0 unspecified atom stereocenters. The number of rotatable bonds is 4. The number of amides is 2. The van der Waals surface area contributed by atoms with Crippen molar-refractivity contribution in [2.75, 3.05) is 13.2 Å². The quantitative estimate of drug-likeness (QED) is 0.544. The highest BCUT2D eigenvalue weighted by atomic mass is 16.5. The maximum atomic E-state index is 10.6. The summed E-state index contributed by atoms with van der Waals surface area (Å²) >= 11 is 0. The Morgan fingerprint density at radius 3 is 2.73 bits per heavy atom. The van der Waals surface area contributed by atoms with Gasteiger partial charge in [0, 0.05) is 24.8 Å². The Morgan fingerprint density at radius 2 is 2.20 bits per heavy atom. The summed E-state index contributed by atoms with van der Waals surface area (Å²) in [5.74, 6) is 0.436. The third-order valence-electron chi connectivity index (χ3n) is 2.51. The fourth-order valence-electron chi connectivity index (χ4n) is 1.77. The third kappa shape index (κ3) is 4.29. The Balaban J connectivity index is 2.54. The van der Waals surface area contributed by atoms with Gasteiger partial charge in [-0.1, -0.05) is 13.3 Å². The van der Waals surface area contributed by atoms with Crippen molar-refractivity contribution in [3.8, 4) is 0 Å². The standard InChI is InChI=1S/C10H19N3O2/c1-2-3-9(12-13-10(11)14)8-4-6-15-7-5-8/h8H,2-7H2,1H3,(H3,11,13,14)/b12-9+. The summed E-state index contributed by atoms with van der Waals surface area (Å²) in [4.78, 5) is 10.6. The lowest BCUT2D eigenvalue weighted by Crippen LogP contribution is -2.29. The number of urea groups is 1. The Labute approximate surface area is 90.0 Å². The second kappa shape index (κ2) is 6.40. The van der Waals surface area contributed by atoms with Crippen LogP contribution in [0.4, 0.5) is 4.79 Å². The van der Waals surface area contributed by atoms with Crippen LogP contribution < -0.4 is 11.2 Å². The number of hydrogen-bond acceptors (Lipinski definition) is 3. The fourth-order valence-corrected chi connectivity index (χ4v) is 1.77. The second-order valence-electron chi connectivity index (χ2n) is 3.72. The first-order chi connectivity index (χ1) is 7.24. The largest absolute Gasteiger partial charge is 0.381 e. The van der Waals surface area contributed by atoms with E-state index in [1.807, 2.05) is 0 Å². The summed E-state index contributed by atoms with van der Waals surface area (Å²) in [7, 11) is 0. The molecule has 1 saturated heterocycles. The van der Waals surface area contributed by atoms with Crippen molar-refractivity contribution in [3.63, 3.8) is 0 Å². The van der Waals surface area contributed by atoms with Crippen molar-refractivity contribution < 1.29 is 9.53 Å². The van der Waals surface area contributed by atoms with Crippen LogP contribution in [0.2, 0.25) is 0 Å². The molecule has 0 aromatic rings. The molecule has 0 spiro atoms. The molecule has 15 heavy (non-hydrogen) atoms. The lowest BCUT2D eigenvalue weighted by Gasteiger charge is -2.23. The monoisotopic (exact) mass is 213 g/mol. The molecule has 0 radical (unpaired) electrons. The van der Waals surface area contributed by atoms with Crippen LogP contribution in [0.15, 0.2) is 5.10 Å². The van der Waals surface area contributed by atoms with E-state index in [1.165, 1.54) is 0 Å². The van der Waals surface area contributed by atoms with Crippen LogP contribution in [0.25, 0.3) is 0 Å². The van der Waals surface area contributed by atoms with Gasteiger partial charge in [0.15, 0.2) is 0 Å². The van der Waals surface area contributed by atoms with Crippen LogP contribution in [-0.4, -0.2) is 25.0 Å². The van der Waals surface area contributed by atoms with Crippen molar-refractivity contribution in [3.05, 3.63) is 0 Å². The predicted octanol–water partition coefficient (Wildman–Crippen LogP) is 1.24. The van der Waals surface area contributed by atoms with Crippen molar-refractivity contribution in [1.82, 2.24) is 5.43 Å². The molecule has 0 bridgehead atoms. The van der Waals surface area contributed by atoms with E-state index in [-0.39, 0.29) is 0 Å². The van der Waals surface area contributed by atoms with E-state index < -0.39 is 6.03 Å². The lowest BCUT2D eigenvalue weighted by molar-refractivity contribution is 0.0822. The minimum atomic E-state index is -0.601. The van der Waals surface area contributed by atoms with E-state index >= 15 is 0 Å². The van der Waals surface area contributed by atoms with Gasteiger partial charge in [-0.05, 0) is 19.3 Å². The summed E-state index contributed by atoms with van der Waals surface area (Å²) in [5, 5.41) is 4.07. The summed E-state index contributed by atoms with van der Waals surface area (Å²) in [6, 6.07) is -0.601. The van der Waals surface area contributed by atoms with Gasteiger partial charge in [-0.2, -0.15) is 5.10 Å². The number of hydrogen-bond donors (Lipinski definition) is 2. The summed E-state index contributed by atoms with van der Waals surface area (Å²) in [6.45, 7) is 3.66. The van der Waals surface area contributed by atoms with Gasteiger partial charge in [-0.15, -0.1) is 0 Å². The van der Waals surface area contributed by atoms with E-state index in [4.69, 9.17) is 10.5 Å². The highest BCUT2D eigenvalue weighted by Gasteiger charge is 2.19. The zero-order valence-electron chi connectivity index (χ0n) is 9.16. The molecule has 0 saturated carbocycles. The Kier molecular flexibility index (Phi) is 5.10. The first-order valence-corrected chi connectivity index (χ1v) is 5.43. The minimum absolute atomic E-state index is 0.436. The zero-order valence-corrected chi connectivity index (χ0v) is 9.16. The molecule has 0 aromatic heterocycles. The first kappa shape index (κ1) is 12.0. The molecular formula is C10H19N3O2. The van der Waals surface area contributed by atoms with E-state index in [0.29, 0.717) is 5.92 Å². The molecule has 0 aliphatic carbocycles. The van der Waals surface area contributed by atoms with Gasteiger partial charge >= 0.3 is 6.03 Å². The van der Waals surface area contributed by atoms with E-state index in [0.717, 1.165) is 44.6 Å². The highest BCUT2D eigenvalue weighted by Crippen LogP contribution is 2.18. The van der Waals surface area contributed by atoms with Crippen LogP contribution in [0.3, 0.4) is 0 Å². The van der Waals surface area contributed by atoms with Crippen molar-refractivity contribution in [1.29, 1.82) is 0 Å². The van der Waals surface area contributed by atoms with Crippen molar-refractivity contribution in [2.24, 2.45) is 16.8 Å². The molecule has 86 valence electrons. The van der Waals surface area contributed by atoms with Crippen LogP contribution >= 0.6 is 0 Å². The van der Waals surface area contributed by atoms with Gasteiger partial charge in [0.1, 0.15) is 0 Å². The summed E-state index contributed by atoms with van der Waals surface area (Å²) < 4.78 is 5.29. The molecular weight excluding hydrogens is 194 g/mol. The SMILES string of the molecule is CCC/C(=N\NC(N)=O)C1CCOCC1. The predicted molar refractivity (Wildman–Crippen MR) is 58.6 cm³/mol. The van der Waals surface area contributed by atoms with Crippen molar-refractivity contribution >= 4 is 11.7 Å². The van der Waals surface area contributed by atoms with Crippen LogP contribution in [0.1, 0.15) is 32.6 Å². The number of hydrazone groups is 1. The molecule has 5 nitrogen and oxygen atoms in total. The van der Waals surface area contributed by atoms with Crippen LogP contribution in [0, 0.1) is 5.92 Å². The van der Waals surface area contributed by atoms with Gasteiger partial charge in [-0.3, -0.25) is 0 Å². The highest BCUT2D eigenvalue weighted by molar-refractivity contribution is 5.88. The van der Waals surface area contributed by atoms with Crippen LogP contribution in [-0.2, 0) is 4.74 Å². The van der Waals surface area contributed by atoms with Gasteiger partial charge in [0.05, 0.1) is 0 Å². The van der Waals surface area contributed by atoms with Gasteiger partial charge < -0.3 is 10.5 Å². The molecule has 3 N–H and O–H groups in total. The average Bonchev–Trinajstić information content (AvgIpc) is 2.25. The van der Waals surface area contributed by atoms with Gasteiger partial charge in [0.2, 0.25) is 0 Å². The van der Waals surface area contributed by atoms with Gasteiger partial charge in [0.25, 0.3) is 0 Å². The molecule has 2 amide bonds. The van der Waals surface area contributed by atoms with E-state index in [2.05, 4.69) is 17.5 Å². The Hall–Kier alpha value is -1.10. The number of carbonyl (C=O) groups is 1. The maximum absolute atomic E-state index is 10.6. The normalized spacial score (nSPS) is 18.9. The number of ether oxygens (including phenoxy) is 1. The van der Waals surface area contributed by atoms with Gasteiger partial charge in [-0.25, -0.2) is 10.2 Å². The zero-order chi connectivity index (χ0) is 11.1. The topological polar surface area (TPSA) is 76.7 Å². The van der Waals surface area contributed by atoms with E-state index in [1.54, 1.807) is 0 Å². The number of nitrogens with zero attached hydrogens (tertiary/aromatic N) is 1. The van der Waals surface area contributed by atoms with Crippen LogP contribution in [0.5, 0.6) is 0 Å². The molecule has 0 aromatic carbocycles. The first-order valence-electron chi connectivity index (χ1n) is 5.43. The molecule has 1 fully saturated rings. The average molecular weight is 213 g/mol. The maximum Gasteiger partial charge on any atom is 0.332 e. The Bertz CT molecular complexity index is 235. The Morgan fingerprint density at radius 1 is 1.53 bits per heavy atom. The number of nitrogens with two attached hydrogens (primary N) is 1.